The summed E-state index contributed by atoms with van der Waals surface area (Å²) >= 11 is 0. The number of carbonyl (C=O) groups is 2. The fraction of sp³-hybridized carbons (Fsp3) is 0.300. The molecule has 1 saturated heterocycles. The number of aliphatic carboxylic acids is 1. The molecule has 1 fully saturated rings. The van der Waals surface area contributed by atoms with Crippen LogP contribution in [0.4, 0.5) is 0 Å². The molecule has 0 saturated carbocycles. The minimum absolute atomic E-state index is 0.139. The van der Waals surface area contributed by atoms with Gasteiger partial charge in [0.1, 0.15) is 6.04 Å². The number of benzene rings is 2. The van der Waals surface area contributed by atoms with Crippen LogP contribution in [0, 0.1) is 0 Å². The van der Waals surface area contributed by atoms with Crippen molar-refractivity contribution >= 4 is 21.9 Å². The number of carbonyl (C=O) groups excluding carboxylic acids is 1. The Kier molecular flexibility index (Phi) is 6.11. The molecule has 0 aromatic heterocycles. The zero-order valence-corrected chi connectivity index (χ0v) is 16.0. The Bertz CT molecular complexity index is 932. The molecule has 7 nitrogen and oxygen atoms in total. The number of carboxylic acid groups (broad SMARTS) is 1. The van der Waals surface area contributed by atoms with E-state index in [0.717, 1.165) is 0 Å². The molecule has 8 heteroatoms. The van der Waals surface area contributed by atoms with Crippen molar-refractivity contribution in [3.05, 3.63) is 66.2 Å². The van der Waals surface area contributed by atoms with Crippen molar-refractivity contribution in [2.45, 2.75) is 36.2 Å². The van der Waals surface area contributed by atoms with E-state index in [-0.39, 0.29) is 17.9 Å². The lowest BCUT2D eigenvalue weighted by atomic mass is 10.0. The minimum atomic E-state index is -3.80. The first-order valence-corrected chi connectivity index (χ1v) is 10.5. The van der Waals surface area contributed by atoms with Gasteiger partial charge in [0.05, 0.1) is 17.4 Å². The number of nitrogens with one attached hydrogen (secondary N) is 1. The molecule has 148 valence electrons. The Morgan fingerprint density at radius 3 is 2.29 bits per heavy atom. The lowest BCUT2D eigenvalue weighted by Crippen LogP contribution is -2.47. The summed E-state index contributed by atoms with van der Waals surface area (Å²) in [5, 5.41) is 11.9. The normalized spacial score (nSPS) is 18.5. The highest BCUT2D eigenvalue weighted by Crippen LogP contribution is 2.27. The van der Waals surface area contributed by atoms with E-state index in [1.807, 2.05) is 0 Å². The molecule has 1 unspecified atom stereocenters. The maximum Gasteiger partial charge on any atom is 0.305 e. The molecule has 2 atom stereocenters. The van der Waals surface area contributed by atoms with Crippen molar-refractivity contribution < 1.29 is 23.1 Å². The van der Waals surface area contributed by atoms with Gasteiger partial charge in [0.15, 0.2) is 0 Å². The second kappa shape index (κ2) is 8.53. The van der Waals surface area contributed by atoms with Gasteiger partial charge in [-0.2, -0.15) is 4.31 Å². The van der Waals surface area contributed by atoms with Gasteiger partial charge >= 0.3 is 5.97 Å². The SMILES string of the molecule is O=C(O)C[C@H](NC(=O)C1CCCN1S(=O)(=O)c1ccccc1)c1ccccc1. The molecule has 1 heterocycles. The zero-order chi connectivity index (χ0) is 20.1. The third kappa shape index (κ3) is 4.40. The van der Waals surface area contributed by atoms with Gasteiger partial charge in [-0.25, -0.2) is 8.42 Å². The van der Waals surface area contributed by atoms with Gasteiger partial charge in [0.25, 0.3) is 0 Å². The van der Waals surface area contributed by atoms with Crippen molar-refractivity contribution in [1.82, 2.24) is 9.62 Å². The molecule has 0 aliphatic carbocycles. The zero-order valence-electron chi connectivity index (χ0n) is 15.2. The Hall–Kier alpha value is -2.71. The van der Waals surface area contributed by atoms with E-state index in [2.05, 4.69) is 5.32 Å². The number of nitrogens with zero attached hydrogens (tertiary/aromatic N) is 1. The highest BCUT2D eigenvalue weighted by Gasteiger charge is 2.40. The van der Waals surface area contributed by atoms with Crippen LogP contribution in [0.15, 0.2) is 65.6 Å². The number of amides is 1. The summed E-state index contributed by atoms with van der Waals surface area (Å²) < 4.78 is 27.1. The second-order valence-corrected chi connectivity index (χ2v) is 8.55. The monoisotopic (exact) mass is 402 g/mol. The third-order valence-corrected chi connectivity index (χ3v) is 6.68. The number of hydrogen-bond donors (Lipinski definition) is 2. The molecule has 2 aromatic rings. The summed E-state index contributed by atoms with van der Waals surface area (Å²) in [6.45, 7) is 0.254. The molecular weight excluding hydrogens is 380 g/mol. The molecule has 0 radical (unpaired) electrons. The predicted octanol–water partition coefficient (Wildman–Crippen LogP) is 2.17. The molecule has 3 rings (SSSR count). The molecule has 0 spiro atoms. The fourth-order valence-electron chi connectivity index (χ4n) is 3.40. The Morgan fingerprint density at radius 1 is 1.07 bits per heavy atom. The first-order chi connectivity index (χ1) is 13.4. The van der Waals surface area contributed by atoms with E-state index >= 15 is 0 Å². The van der Waals surface area contributed by atoms with E-state index < -0.39 is 34.0 Å². The summed E-state index contributed by atoms with van der Waals surface area (Å²) in [6, 6.07) is 15.2. The van der Waals surface area contributed by atoms with Gasteiger partial charge in [-0.3, -0.25) is 9.59 Å². The number of rotatable bonds is 7. The quantitative estimate of drug-likeness (QED) is 0.739. The van der Waals surface area contributed by atoms with Crippen LogP contribution in [0.25, 0.3) is 0 Å². The van der Waals surface area contributed by atoms with Gasteiger partial charge in [-0.15, -0.1) is 0 Å². The Labute approximate surface area is 164 Å². The largest absolute Gasteiger partial charge is 0.481 e. The van der Waals surface area contributed by atoms with Gasteiger partial charge in [-0.1, -0.05) is 48.5 Å². The topological polar surface area (TPSA) is 104 Å². The van der Waals surface area contributed by atoms with E-state index in [9.17, 15) is 23.1 Å². The van der Waals surface area contributed by atoms with Crippen LogP contribution in [0.1, 0.15) is 30.9 Å². The molecule has 28 heavy (non-hydrogen) atoms. The van der Waals surface area contributed by atoms with Gasteiger partial charge in [-0.05, 0) is 30.5 Å². The van der Waals surface area contributed by atoms with Crippen molar-refractivity contribution in [2.75, 3.05) is 6.54 Å². The van der Waals surface area contributed by atoms with Crippen LogP contribution >= 0.6 is 0 Å². The number of hydrogen-bond acceptors (Lipinski definition) is 4. The fourth-order valence-corrected chi connectivity index (χ4v) is 5.08. The number of carboxylic acids is 1. The molecule has 1 aliphatic rings. The average Bonchev–Trinajstić information content (AvgIpc) is 3.19. The van der Waals surface area contributed by atoms with Gasteiger partial charge < -0.3 is 10.4 Å². The Balaban J connectivity index is 1.81. The second-order valence-electron chi connectivity index (χ2n) is 6.66. The molecule has 2 aromatic carbocycles. The maximum absolute atomic E-state index is 12.9. The van der Waals surface area contributed by atoms with Crippen LogP contribution in [0.2, 0.25) is 0 Å². The highest BCUT2D eigenvalue weighted by atomic mass is 32.2. The van der Waals surface area contributed by atoms with Crippen LogP contribution in [0.5, 0.6) is 0 Å². The van der Waals surface area contributed by atoms with Gasteiger partial charge in [0.2, 0.25) is 15.9 Å². The summed E-state index contributed by atoms with van der Waals surface area (Å²) in [6.07, 6.45) is 0.680. The molecular formula is C20H22N2O5S. The predicted molar refractivity (Wildman–Crippen MR) is 103 cm³/mol. The lowest BCUT2D eigenvalue weighted by molar-refractivity contribution is -0.137. The summed E-state index contributed by atoms with van der Waals surface area (Å²) in [7, 11) is -3.80. The van der Waals surface area contributed by atoms with Crippen molar-refractivity contribution in [2.24, 2.45) is 0 Å². The smallest absolute Gasteiger partial charge is 0.305 e. The summed E-state index contributed by atoms with van der Waals surface area (Å²) in [5.41, 5.74) is 0.661. The highest BCUT2D eigenvalue weighted by molar-refractivity contribution is 7.89. The molecule has 1 aliphatic heterocycles. The van der Waals surface area contributed by atoms with Crippen molar-refractivity contribution in [1.29, 1.82) is 0 Å². The standard InChI is InChI=1S/C20H22N2O5S/c23-19(24)14-17(15-8-3-1-4-9-15)21-20(25)18-12-7-13-22(18)28(26,27)16-10-5-2-6-11-16/h1-6,8-11,17-18H,7,12-14H2,(H,21,25)(H,23,24)/t17-,18?/m0/s1. The van der Waals surface area contributed by atoms with E-state index in [1.165, 1.54) is 16.4 Å². The van der Waals surface area contributed by atoms with Crippen LogP contribution in [0.3, 0.4) is 0 Å². The third-order valence-electron chi connectivity index (χ3n) is 4.75. The summed E-state index contributed by atoms with van der Waals surface area (Å²) in [4.78, 5) is 24.3. The number of sulfonamides is 1. The molecule has 0 bridgehead atoms. The van der Waals surface area contributed by atoms with Crippen LogP contribution in [-0.2, 0) is 19.6 Å². The molecule has 1 amide bonds. The summed E-state index contributed by atoms with van der Waals surface area (Å²) in [5.74, 6) is -1.53. The average molecular weight is 402 g/mol. The van der Waals surface area contributed by atoms with E-state index in [1.54, 1.807) is 48.5 Å². The first kappa shape index (κ1) is 20.0. The Morgan fingerprint density at radius 2 is 1.68 bits per heavy atom. The van der Waals surface area contributed by atoms with Crippen LogP contribution in [-0.4, -0.2) is 42.3 Å². The van der Waals surface area contributed by atoms with Crippen LogP contribution < -0.4 is 5.32 Å². The van der Waals surface area contributed by atoms with Crippen molar-refractivity contribution in [3.63, 3.8) is 0 Å². The first-order valence-electron chi connectivity index (χ1n) is 9.03. The molecule has 2 N–H and O–H groups in total. The minimum Gasteiger partial charge on any atom is -0.481 e. The van der Waals surface area contributed by atoms with E-state index in [4.69, 9.17) is 0 Å². The maximum atomic E-state index is 12.9. The van der Waals surface area contributed by atoms with Crippen molar-refractivity contribution in [3.8, 4) is 0 Å². The van der Waals surface area contributed by atoms with E-state index in [0.29, 0.717) is 18.4 Å². The lowest BCUT2D eigenvalue weighted by Gasteiger charge is -2.26. The van der Waals surface area contributed by atoms with Gasteiger partial charge in [0, 0.05) is 6.54 Å².